The van der Waals surface area contributed by atoms with Crippen molar-refractivity contribution in [3.8, 4) is 0 Å². The van der Waals surface area contributed by atoms with Gasteiger partial charge in [-0.1, -0.05) is 6.07 Å². The fourth-order valence-corrected chi connectivity index (χ4v) is 2.74. The molecule has 4 heteroatoms. The summed E-state index contributed by atoms with van der Waals surface area (Å²) >= 11 is 0. The quantitative estimate of drug-likeness (QED) is 0.858. The SMILES string of the molecule is COCC1CCN(C(CN)c2cccnc2)CC1. The molecule has 0 aromatic carbocycles. The molecule has 0 spiro atoms. The average molecular weight is 249 g/mol. The Morgan fingerprint density at radius 1 is 1.50 bits per heavy atom. The summed E-state index contributed by atoms with van der Waals surface area (Å²) in [6.07, 6.45) is 6.13. The van der Waals surface area contributed by atoms with E-state index in [-0.39, 0.29) is 0 Å². The van der Waals surface area contributed by atoms with Gasteiger partial charge in [0.15, 0.2) is 0 Å². The Morgan fingerprint density at radius 3 is 2.83 bits per heavy atom. The van der Waals surface area contributed by atoms with Crippen LogP contribution in [0.25, 0.3) is 0 Å². The van der Waals surface area contributed by atoms with Crippen LogP contribution in [0.2, 0.25) is 0 Å². The van der Waals surface area contributed by atoms with E-state index in [0.717, 1.165) is 19.7 Å². The second-order valence-corrected chi connectivity index (χ2v) is 4.97. The molecule has 18 heavy (non-hydrogen) atoms. The van der Waals surface area contributed by atoms with Gasteiger partial charge in [0, 0.05) is 38.7 Å². The third-order valence-electron chi connectivity index (χ3n) is 3.78. The number of ether oxygens (including phenoxy) is 1. The van der Waals surface area contributed by atoms with E-state index in [4.69, 9.17) is 10.5 Å². The van der Waals surface area contributed by atoms with Crippen molar-refractivity contribution in [2.45, 2.75) is 18.9 Å². The van der Waals surface area contributed by atoms with Gasteiger partial charge in [0.1, 0.15) is 0 Å². The minimum absolute atomic E-state index is 0.308. The number of rotatable bonds is 5. The van der Waals surface area contributed by atoms with Crippen molar-refractivity contribution in [2.24, 2.45) is 11.7 Å². The van der Waals surface area contributed by atoms with Gasteiger partial charge in [-0.15, -0.1) is 0 Å². The van der Waals surface area contributed by atoms with Crippen LogP contribution in [0.15, 0.2) is 24.5 Å². The lowest BCUT2D eigenvalue weighted by Crippen LogP contribution is -2.40. The molecule has 1 aliphatic heterocycles. The Kier molecular flexibility index (Phi) is 5.11. The fourth-order valence-electron chi connectivity index (χ4n) is 2.74. The molecule has 1 unspecified atom stereocenters. The first kappa shape index (κ1) is 13.5. The maximum Gasteiger partial charge on any atom is 0.0491 e. The molecule has 0 saturated carbocycles. The van der Waals surface area contributed by atoms with Crippen molar-refractivity contribution in [3.63, 3.8) is 0 Å². The largest absolute Gasteiger partial charge is 0.384 e. The van der Waals surface area contributed by atoms with Crippen molar-refractivity contribution in [2.75, 3.05) is 33.4 Å². The van der Waals surface area contributed by atoms with Gasteiger partial charge in [-0.2, -0.15) is 0 Å². The molecule has 1 aliphatic rings. The zero-order valence-electron chi connectivity index (χ0n) is 11.1. The monoisotopic (exact) mass is 249 g/mol. The molecule has 1 aromatic rings. The van der Waals surface area contributed by atoms with E-state index in [0.29, 0.717) is 18.5 Å². The topological polar surface area (TPSA) is 51.4 Å². The number of methoxy groups -OCH3 is 1. The lowest BCUT2D eigenvalue weighted by atomic mass is 9.95. The summed E-state index contributed by atoms with van der Waals surface area (Å²) in [5.74, 6) is 0.707. The van der Waals surface area contributed by atoms with Gasteiger partial charge in [0.05, 0.1) is 0 Å². The van der Waals surface area contributed by atoms with Gasteiger partial charge in [-0.3, -0.25) is 9.88 Å². The molecule has 1 fully saturated rings. The maximum absolute atomic E-state index is 5.93. The smallest absolute Gasteiger partial charge is 0.0491 e. The van der Waals surface area contributed by atoms with Crippen molar-refractivity contribution >= 4 is 0 Å². The molecule has 2 heterocycles. The van der Waals surface area contributed by atoms with Crippen molar-refractivity contribution in [1.82, 2.24) is 9.88 Å². The van der Waals surface area contributed by atoms with E-state index >= 15 is 0 Å². The average Bonchev–Trinajstić information content (AvgIpc) is 2.43. The first-order valence-electron chi connectivity index (χ1n) is 6.68. The predicted octanol–water partition coefficient (Wildman–Crippen LogP) is 1.44. The predicted molar refractivity (Wildman–Crippen MR) is 72.2 cm³/mol. The zero-order chi connectivity index (χ0) is 12.8. The first-order valence-corrected chi connectivity index (χ1v) is 6.68. The number of pyridine rings is 1. The summed E-state index contributed by atoms with van der Waals surface area (Å²) in [6.45, 7) is 3.74. The fraction of sp³-hybridized carbons (Fsp3) is 0.643. The molecule has 100 valence electrons. The van der Waals surface area contributed by atoms with Gasteiger partial charge in [-0.05, 0) is 43.5 Å². The molecule has 4 nitrogen and oxygen atoms in total. The Hall–Kier alpha value is -0.970. The number of nitrogens with two attached hydrogens (primary N) is 1. The number of nitrogens with zero attached hydrogens (tertiary/aromatic N) is 2. The van der Waals surface area contributed by atoms with Gasteiger partial charge in [0.2, 0.25) is 0 Å². The van der Waals surface area contributed by atoms with Gasteiger partial charge in [0.25, 0.3) is 0 Å². The molecule has 0 radical (unpaired) electrons. The normalized spacial score (nSPS) is 19.9. The maximum atomic E-state index is 5.93. The van der Waals surface area contributed by atoms with Crippen molar-refractivity contribution in [3.05, 3.63) is 30.1 Å². The molecule has 1 aromatic heterocycles. The van der Waals surface area contributed by atoms with Crippen molar-refractivity contribution < 1.29 is 4.74 Å². The minimum atomic E-state index is 0.308. The van der Waals surface area contributed by atoms with Crippen LogP contribution in [0.3, 0.4) is 0 Å². The highest BCUT2D eigenvalue weighted by molar-refractivity contribution is 5.14. The molecule has 2 rings (SSSR count). The lowest BCUT2D eigenvalue weighted by molar-refractivity contribution is 0.0810. The second-order valence-electron chi connectivity index (χ2n) is 4.97. The van der Waals surface area contributed by atoms with E-state index in [1.54, 1.807) is 7.11 Å². The molecule has 1 atom stereocenters. The Bertz CT molecular complexity index is 336. The molecule has 0 bridgehead atoms. The molecule has 2 N–H and O–H groups in total. The molecular weight excluding hydrogens is 226 g/mol. The number of piperidine rings is 1. The third-order valence-corrected chi connectivity index (χ3v) is 3.78. The zero-order valence-corrected chi connectivity index (χ0v) is 11.1. The van der Waals surface area contributed by atoms with Crippen LogP contribution in [0.5, 0.6) is 0 Å². The number of likely N-dealkylation sites (tertiary alicyclic amines) is 1. The van der Waals surface area contributed by atoms with Crippen LogP contribution in [-0.4, -0.2) is 43.2 Å². The summed E-state index contributed by atoms with van der Waals surface area (Å²) in [6, 6.07) is 4.41. The standard InChI is InChI=1S/C14H23N3O/c1-18-11-12-4-7-17(8-5-12)14(9-15)13-3-2-6-16-10-13/h2-3,6,10,12,14H,4-5,7-9,11,15H2,1H3. The van der Waals surface area contributed by atoms with Gasteiger partial charge < -0.3 is 10.5 Å². The Labute approximate surface area is 109 Å². The van der Waals surface area contributed by atoms with E-state index in [2.05, 4.69) is 16.0 Å². The Balaban J connectivity index is 1.95. The van der Waals surface area contributed by atoms with E-state index in [1.807, 2.05) is 18.5 Å². The highest BCUT2D eigenvalue weighted by Gasteiger charge is 2.25. The first-order chi connectivity index (χ1) is 8.85. The lowest BCUT2D eigenvalue weighted by Gasteiger charge is -2.37. The van der Waals surface area contributed by atoms with Gasteiger partial charge >= 0.3 is 0 Å². The summed E-state index contributed by atoms with van der Waals surface area (Å²) in [4.78, 5) is 6.67. The van der Waals surface area contributed by atoms with E-state index in [9.17, 15) is 0 Å². The van der Waals surface area contributed by atoms with E-state index < -0.39 is 0 Å². The van der Waals surface area contributed by atoms with Crippen molar-refractivity contribution in [1.29, 1.82) is 0 Å². The molecule has 0 amide bonds. The Morgan fingerprint density at radius 2 is 2.28 bits per heavy atom. The number of hydrogen-bond donors (Lipinski definition) is 1. The molecule has 1 saturated heterocycles. The van der Waals surface area contributed by atoms with Crippen LogP contribution < -0.4 is 5.73 Å². The number of aromatic nitrogens is 1. The number of hydrogen-bond acceptors (Lipinski definition) is 4. The van der Waals surface area contributed by atoms with E-state index in [1.165, 1.54) is 18.4 Å². The van der Waals surface area contributed by atoms with Crippen LogP contribution in [0.4, 0.5) is 0 Å². The summed E-state index contributed by atoms with van der Waals surface area (Å²) in [5.41, 5.74) is 7.16. The highest BCUT2D eigenvalue weighted by Crippen LogP contribution is 2.25. The summed E-state index contributed by atoms with van der Waals surface area (Å²) < 4.78 is 5.23. The highest BCUT2D eigenvalue weighted by atomic mass is 16.5. The van der Waals surface area contributed by atoms with Crippen LogP contribution >= 0.6 is 0 Å². The van der Waals surface area contributed by atoms with Crippen LogP contribution in [-0.2, 0) is 4.74 Å². The molecule has 0 aliphatic carbocycles. The van der Waals surface area contributed by atoms with Crippen LogP contribution in [0, 0.1) is 5.92 Å². The molecular formula is C14H23N3O. The second kappa shape index (κ2) is 6.83. The van der Waals surface area contributed by atoms with Gasteiger partial charge in [-0.25, -0.2) is 0 Å². The summed E-state index contributed by atoms with van der Waals surface area (Å²) in [5, 5.41) is 0. The third kappa shape index (κ3) is 3.28. The van der Waals surface area contributed by atoms with Crippen LogP contribution in [0.1, 0.15) is 24.4 Å². The minimum Gasteiger partial charge on any atom is -0.384 e. The summed E-state index contributed by atoms with van der Waals surface area (Å²) in [7, 11) is 1.78.